The van der Waals surface area contributed by atoms with Crippen molar-refractivity contribution in [2.24, 2.45) is 5.92 Å². The van der Waals surface area contributed by atoms with Crippen LogP contribution in [0.1, 0.15) is 6.42 Å². The standard InChI is InChI=1S/C7H13NO8S/c1-14-6(9)3-5(7(10)15-2)4-8-16-17(11,12)13/h5,8H,3-4H2,1-2H3,(H,11,12,13). The number of hydrogen-bond donors (Lipinski definition) is 2. The molecule has 0 bridgehead atoms. The van der Waals surface area contributed by atoms with Crippen molar-refractivity contribution in [1.82, 2.24) is 5.48 Å². The first-order valence-electron chi connectivity index (χ1n) is 4.33. The van der Waals surface area contributed by atoms with Gasteiger partial charge in [0.1, 0.15) is 0 Å². The number of ether oxygens (including phenoxy) is 2. The van der Waals surface area contributed by atoms with Crippen LogP contribution in [0.3, 0.4) is 0 Å². The Morgan fingerprint density at radius 1 is 1.29 bits per heavy atom. The summed E-state index contributed by atoms with van der Waals surface area (Å²) in [5.74, 6) is -2.41. The van der Waals surface area contributed by atoms with Gasteiger partial charge in [-0.15, -0.1) is 0 Å². The van der Waals surface area contributed by atoms with Crippen LogP contribution in [0.2, 0.25) is 0 Å². The van der Waals surface area contributed by atoms with Crippen molar-refractivity contribution in [1.29, 1.82) is 0 Å². The van der Waals surface area contributed by atoms with Crippen molar-refractivity contribution in [3.8, 4) is 0 Å². The van der Waals surface area contributed by atoms with E-state index in [1.54, 1.807) is 0 Å². The zero-order valence-corrected chi connectivity index (χ0v) is 10.0. The zero-order chi connectivity index (χ0) is 13.5. The van der Waals surface area contributed by atoms with E-state index in [0.717, 1.165) is 14.2 Å². The summed E-state index contributed by atoms with van der Waals surface area (Å²) in [6.45, 7) is -0.346. The fourth-order valence-corrected chi connectivity index (χ4v) is 1.12. The lowest BCUT2D eigenvalue weighted by molar-refractivity contribution is -0.152. The summed E-state index contributed by atoms with van der Waals surface area (Å²) in [6.07, 6.45) is -0.314. The van der Waals surface area contributed by atoms with Gasteiger partial charge in [-0.1, -0.05) is 0 Å². The third-order valence-electron chi connectivity index (χ3n) is 1.67. The summed E-state index contributed by atoms with van der Waals surface area (Å²) in [5, 5.41) is 0. The first-order valence-corrected chi connectivity index (χ1v) is 5.70. The Morgan fingerprint density at radius 3 is 2.29 bits per heavy atom. The Balaban J connectivity index is 4.30. The molecule has 0 spiro atoms. The molecule has 0 fully saturated rings. The van der Waals surface area contributed by atoms with Crippen molar-refractivity contribution < 1.29 is 36.3 Å². The van der Waals surface area contributed by atoms with Crippen molar-refractivity contribution in [3.05, 3.63) is 0 Å². The molecule has 0 aliphatic rings. The molecule has 0 saturated carbocycles. The normalized spacial score (nSPS) is 12.9. The van der Waals surface area contributed by atoms with Gasteiger partial charge in [0.05, 0.1) is 26.6 Å². The van der Waals surface area contributed by atoms with Gasteiger partial charge in [0, 0.05) is 6.54 Å². The quantitative estimate of drug-likeness (QED) is 0.328. The van der Waals surface area contributed by atoms with E-state index >= 15 is 0 Å². The van der Waals surface area contributed by atoms with Crippen LogP contribution >= 0.6 is 0 Å². The number of carbonyl (C=O) groups excluding carboxylic acids is 2. The predicted octanol–water partition coefficient (Wildman–Crippen LogP) is -1.34. The Labute approximate surface area is 97.9 Å². The minimum atomic E-state index is -4.67. The van der Waals surface area contributed by atoms with Crippen LogP contribution in [0.5, 0.6) is 0 Å². The van der Waals surface area contributed by atoms with Crippen molar-refractivity contribution >= 4 is 22.3 Å². The molecule has 1 atom stereocenters. The highest BCUT2D eigenvalue weighted by atomic mass is 32.3. The number of rotatable bonds is 7. The van der Waals surface area contributed by atoms with Gasteiger partial charge >= 0.3 is 22.3 Å². The second kappa shape index (κ2) is 7.17. The molecule has 0 aliphatic heterocycles. The van der Waals surface area contributed by atoms with Gasteiger partial charge in [-0.2, -0.15) is 18.2 Å². The molecule has 0 aromatic carbocycles. The van der Waals surface area contributed by atoms with E-state index in [0.29, 0.717) is 0 Å². The number of carbonyl (C=O) groups is 2. The molecule has 10 heteroatoms. The summed E-state index contributed by atoms with van der Waals surface area (Å²) in [6, 6.07) is 0. The minimum Gasteiger partial charge on any atom is -0.469 e. The molecule has 0 aromatic heterocycles. The van der Waals surface area contributed by atoms with Crippen molar-refractivity contribution in [2.45, 2.75) is 6.42 Å². The van der Waals surface area contributed by atoms with Crippen LogP contribution in [0.25, 0.3) is 0 Å². The third kappa shape index (κ3) is 7.63. The molecule has 0 aromatic rings. The Hall–Kier alpha value is -1.23. The fraction of sp³-hybridized carbons (Fsp3) is 0.714. The van der Waals surface area contributed by atoms with E-state index in [4.69, 9.17) is 4.55 Å². The lowest BCUT2D eigenvalue weighted by atomic mass is 10.1. The maximum Gasteiger partial charge on any atom is 0.413 e. The Morgan fingerprint density at radius 2 is 1.88 bits per heavy atom. The number of methoxy groups -OCH3 is 2. The zero-order valence-electron chi connectivity index (χ0n) is 9.20. The Bertz CT molecular complexity index is 364. The van der Waals surface area contributed by atoms with Crippen LogP contribution in [0, 0.1) is 5.92 Å². The van der Waals surface area contributed by atoms with E-state index < -0.39 is 28.3 Å². The number of esters is 2. The van der Waals surface area contributed by atoms with Crippen LogP contribution in [-0.4, -0.2) is 45.7 Å². The first-order chi connectivity index (χ1) is 7.80. The van der Waals surface area contributed by atoms with E-state index in [9.17, 15) is 18.0 Å². The summed E-state index contributed by atoms with van der Waals surface area (Å²) in [4.78, 5) is 22.1. The van der Waals surface area contributed by atoms with E-state index in [-0.39, 0.29) is 13.0 Å². The minimum absolute atomic E-state index is 0.314. The highest BCUT2D eigenvalue weighted by Gasteiger charge is 2.23. The molecule has 0 radical (unpaired) electrons. The topological polar surface area (TPSA) is 128 Å². The van der Waals surface area contributed by atoms with Crippen LogP contribution in [0.4, 0.5) is 0 Å². The van der Waals surface area contributed by atoms with E-state index in [2.05, 4.69) is 13.8 Å². The molecule has 0 heterocycles. The highest BCUT2D eigenvalue weighted by Crippen LogP contribution is 2.06. The monoisotopic (exact) mass is 271 g/mol. The summed E-state index contributed by atoms with van der Waals surface area (Å²) >= 11 is 0. The Kier molecular flexibility index (Phi) is 6.65. The number of hydroxylamine groups is 1. The van der Waals surface area contributed by atoms with Gasteiger partial charge in [-0.05, 0) is 0 Å². The average molecular weight is 271 g/mol. The maximum absolute atomic E-state index is 11.2. The number of nitrogens with one attached hydrogen (secondary N) is 1. The van der Waals surface area contributed by atoms with Crippen LogP contribution < -0.4 is 5.48 Å². The molecule has 1 unspecified atom stereocenters. The summed E-state index contributed by atoms with van der Waals surface area (Å²) < 4.78 is 41.1. The lowest BCUT2D eigenvalue weighted by Crippen LogP contribution is -2.32. The molecule has 100 valence electrons. The van der Waals surface area contributed by atoms with E-state index in [1.807, 2.05) is 5.48 Å². The largest absolute Gasteiger partial charge is 0.469 e. The third-order valence-corrected chi connectivity index (χ3v) is 2.00. The molecular formula is C7H13NO8S. The van der Waals surface area contributed by atoms with Crippen molar-refractivity contribution in [2.75, 3.05) is 20.8 Å². The van der Waals surface area contributed by atoms with Gasteiger partial charge in [0.25, 0.3) is 0 Å². The SMILES string of the molecule is COC(=O)CC(CNOS(=O)(=O)O)C(=O)OC. The van der Waals surface area contributed by atoms with Gasteiger partial charge in [-0.25, -0.2) is 0 Å². The molecule has 0 saturated heterocycles. The molecule has 2 N–H and O–H groups in total. The van der Waals surface area contributed by atoms with Crippen LogP contribution in [0.15, 0.2) is 0 Å². The fourth-order valence-electron chi connectivity index (χ4n) is 0.899. The van der Waals surface area contributed by atoms with Crippen molar-refractivity contribution in [3.63, 3.8) is 0 Å². The molecule has 0 amide bonds. The first kappa shape index (κ1) is 15.8. The van der Waals surface area contributed by atoms with Gasteiger partial charge in [-0.3, -0.25) is 14.1 Å². The lowest BCUT2D eigenvalue weighted by Gasteiger charge is -2.12. The highest BCUT2D eigenvalue weighted by molar-refractivity contribution is 7.80. The maximum atomic E-state index is 11.2. The van der Waals surface area contributed by atoms with E-state index in [1.165, 1.54) is 0 Å². The van der Waals surface area contributed by atoms with Gasteiger partial charge in [0.2, 0.25) is 0 Å². The van der Waals surface area contributed by atoms with Gasteiger partial charge < -0.3 is 9.47 Å². The van der Waals surface area contributed by atoms with Gasteiger partial charge in [0.15, 0.2) is 0 Å². The summed E-state index contributed by atoms with van der Waals surface area (Å²) in [5.41, 5.74) is 1.82. The molecular weight excluding hydrogens is 258 g/mol. The second-order valence-corrected chi connectivity index (χ2v) is 3.88. The smallest absolute Gasteiger partial charge is 0.413 e. The molecule has 0 rings (SSSR count). The molecule has 17 heavy (non-hydrogen) atoms. The molecule has 0 aliphatic carbocycles. The second-order valence-electron chi connectivity index (χ2n) is 2.86. The average Bonchev–Trinajstić information content (AvgIpc) is 2.24. The number of hydrogen-bond acceptors (Lipinski definition) is 8. The summed E-state index contributed by atoms with van der Waals surface area (Å²) in [7, 11) is -2.42. The van der Waals surface area contributed by atoms with Crippen LogP contribution in [-0.2, 0) is 33.7 Å². The predicted molar refractivity (Wildman–Crippen MR) is 52.8 cm³/mol. The molecule has 9 nitrogen and oxygen atoms in total.